The van der Waals surface area contributed by atoms with Gasteiger partial charge in [-0.1, -0.05) is 24.9 Å². The van der Waals surface area contributed by atoms with Crippen molar-refractivity contribution in [3.8, 4) is 17.1 Å². The van der Waals surface area contributed by atoms with Crippen molar-refractivity contribution < 1.29 is 9.50 Å². The zero-order valence-electron chi connectivity index (χ0n) is 9.82. The summed E-state index contributed by atoms with van der Waals surface area (Å²) in [4.78, 5) is 8.38. The second-order valence-corrected chi connectivity index (χ2v) is 4.31. The Kier molecular flexibility index (Phi) is 3.77. The average molecular weight is 267 g/mol. The van der Waals surface area contributed by atoms with Crippen LogP contribution in [-0.2, 0) is 6.42 Å². The Balaban J connectivity index is 2.46. The Hall–Kier alpha value is -1.68. The number of nitrogens with zero attached hydrogens (tertiary/aromatic N) is 2. The number of benzene rings is 1. The first-order chi connectivity index (χ1) is 8.60. The van der Waals surface area contributed by atoms with Crippen molar-refractivity contribution in [2.45, 2.75) is 19.8 Å². The molecule has 0 aliphatic heterocycles. The van der Waals surface area contributed by atoms with Gasteiger partial charge in [0.05, 0.1) is 0 Å². The van der Waals surface area contributed by atoms with Gasteiger partial charge in [-0.25, -0.2) is 14.4 Å². The van der Waals surface area contributed by atoms with Crippen molar-refractivity contribution >= 4 is 11.6 Å². The molecule has 18 heavy (non-hydrogen) atoms. The van der Waals surface area contributed by atoms with Crippen LogP contribution in [0.3, 0.4) is 0 Å². The molecule has 0 unspecified atom stereocenters. The monoisotopic (exact) mass is 266 g/mol. The van der Waals surface area contributed by atoms with E-state index >= 15 is 0 Å². The molecule has 1 aromatic heterocycles. The largest absolute Gasteiger partial charge is 0.505 e. The van der Waals surface area contributed by atoms with Crippen molar-refractivity contribution in [1.29, 1.82) is 0 Å². The summed E-state index contributed by atoms with van der Waals surface area (Å²) in [6, 6.07) is 5.72. The summed E-state index contributed by atoms with van der Waals surface area (Å²) < 4.78 is 13.3. The molecule has 0 spiro atoms. The zero-order chi connectivity index (χ0) is 13.1. The summed E-state index contributed by atoms with van der Waals surface area (Å²) in [5, 5.41) is 9.47. The van der Waals surface area contributed by atoms with Crippen molar-refractivity contribution in [3.63, 3.8) is 0 Å². The molecular weight excluding hydrogens is 255 g/mol. The van der Waals surface area contributed by atoms with Crippen molar-refractivity contribution in [1.82, 2.24) is 9.97 Å². The summed E-state index contributed by atoms with van der Waals surface area (Å²) >= 11 is 5.91. The van der Waals surface area contributed by atoms with Crippen molar-refractivity contribution in [3.05, 3.63) is 40.9 Å². The van der Waals surface area contributed by atoms with Gasteiger partial charge in [0.1, 0.15) is 5.15 Å². The van der Waals surface area contributed by atoms with Gasteiger partial charge < -0.3 is 5.11 Å². The minimum absolute atomic E-state index is 0.330. The van der Waals surface area contributed by atoms with Crippen LogP contribution >= 0.6 is 11.6 Å². The minimum atomic E-state index is -0.701. The third-order valence-electron chi connectivity index (χ3n) is 2.46. The molecule has 0 aliphatic carbocycles. The fraction of sp³-hybridized carbons (Fsp3) is 0.231. The van der Waals surface area contributed by atoms with Crippen molar-refractivity contribution in [2.24, 2.45) is 0 Å². The predicted octanol–water partition coefficient (Wildman–Crippen LogP) is 3.59. The first-order valence-electron chi connectivity index (χ1n) is 5.62. The SMILES string of the molecule is CCCc1cc(Cl)nc(-c2ccc(O)c(F)c2)n1. The van der Waals surface area contributed by atoms with Gasteiger partial charge in [-0.2, -0.15) is 0 Å². The molecule has 5 heteroatoms. The van der Waals surface area contributed by atoms with Gasteiger partial charge >= 0.3 is 0 Å². The lowest BCUT2D eigenvalue weighted by molar-refractivity contribution is 0.432. The van der Waals surface area contributed by atoms with Gasteiger partial charge in [-0.3, -0.25) is 0 Å². The molecule has 0 fully saturated rings. The Labute approximate surface area is 109 Å². The topological polar surface area (TPSA) is 46.0 Å². The van der Waals surface area contributed by atoms with Gasteiger partial charge in [-0.15, -0.1) is 0 Å². The van der Waals surface area contributed by atoms with Crippen LogP contribution in [0.5, 0.6) is 5.75 Å². The number of hydrogen-bond donors (Lipinski definition) is 1. The number of aromatic nitrogens is 2. The molecule has 0 aliphatic rings. The Bertz CT molecular complexity index is 575. The molecule has 1 aromatic carbocycles. The molecule has 1 heterocycles. The van der Waals surface area contributed by atoms with E-state index in [0.29, 0.717) is 16.5 Å². The number of phenols is 1. The standard InChI is InChI=1S/C13H12ClFN2O/c1-2-3-9-7-12(14)17-13(16-9)8-4-5-11(18)10(15)6-8/h4-7,18H,2-3H2,1H3. The summed E-state index contributed by atoms with van der Waals surface area (Å²) in [5.74, 6) is -0.729. The van der Waals surface area contributed by atoms with E-state index in [1.54, 1.807) is 12.1 Å². The lowest BCUT2D eigenvalue weighted by Gasteiger charge is -2.05. The fourth-order valence-corrected chi connectivity index (χ4v) is 1.83. The predicted molar refractivity (Wildman–Crippen MR) is 68.1 cm³/mol. The number of halogens is 2. The molecule has 0 amide bonds. The summed E-state index contributed by atoms with van der Waals surface area (Å²) in [6.45, 7) is 2.04. The first-order valence-corrected chi connectivity index (χ1v) is 6.00. The highest BCUT2D eigenvalue weighted by Gasteiger charge is 2.08. The molecular formula is C13H12ClFN2O. The maximum absolute atomic E-state index is 13.3. The van der Waals surface area contributed by atoms with E-state index < -0.39 is 11.6 Å². The first kappa shape index (κ1) is 12.8. The van der Waals surface area contributed by atoms with Gasteiger partial charge in [0.2, 0.25) is 0 Å². The summed E-state index contributed by atoms with van der Waals surface area (Å²) in [7, 11) is 0. The normalized spacial score (nSPS) is 10.6. The second-order valence-electron chi connectivity index (χ2n) is 3.92. The van der Waals surface area contributed by atoms with Gasteiger partial charge in [0.25, 0.3) is 0 Å². The molecule has 2 rings (SSSR count). The lowest BCUT2D eigenvalue weighted by atomic mass is 10.2. The number of aryl methyl sites for hydroxylation is 1. The molecule has 0 saturated carbocycles. The van der Waals surface area contributed by atoms with E-state index in [1.807, 2.05) is 6.92 Å². The van der Waals surface area contributed by atoms with Crippen molar-refractivity contribution in [2.75, 3.05) is 0 Å². The van der Waals surface area contributed by atoms with Gasteiger partial charge in [0, 0.05) is 11.3 Å². The van der Waals surface area contributed by atoms with Crippen LogP contribution in [0, 0.1) is 5.82 Å². The van der Waals surface area contributed by atoms with Gasteiger partial charge in [-0.05, 0) is 30.7 Å². The number of rotatable bonds is 3. The molecule has 0 radical (unpaired) electrons. The average Bonchev–Trinajstić information content (AvgIpc) is 2.32. The van der Waals surface area contributed by atoms with Crippen LogP contribution in [0.2, 0.25) is 5.15 Å². The van der Waals surface area contributed by atoms with Crippen LogP contribution in [0.4, 0.5) is 4.39 Å². The Morgan fingerprint density at radius 2 is 2.06 bits per heavy atom. The molecule has 0 atom stereocenters. The van der Waals surface area contributed by atoms with E-state index in [2.05, 4.69) is 9.97 Å². The zero-order valence-corrected chi connectivity index (χ0v) is 10.6. The fourth-order valence-electron chi connectivity index (χ4n) is 1.62. The number of phenolic OH excluding ortho intramolecular Hbond substituents is 1. The van der Waals surface area contributed by atoms with E-state index in [4.69, 9.17) is 16.7 Å². The maximum atomic E-state index is 13.3. The van der Waals surface area contributed by atoms with E-state index in [9.17, 15) is 4.39 Å². The highest BCUT2D eigenvalue weighted by Crippen LogP contribution is 2.23. The second kappa shape index (κ2) is 5.31. The molecule has 2 aromatic rings. The maximum Gasteiger partial charge on any atom is 0.165 e. The molecule has 1 N–H and O–H groups in total. The molecule has 0 bridgehead atoms. The van der Waals surface area contributed by atoms with Crippen LogP contribution < -0.4 is 0 Å². The lowest BCUT2D eigenvalue weighted by Crippen LogP contribution is -1.96. The third-order valence-corrected chi connectivity index (χ3v) is 2.65. The van der Waals surface area contributed by atoms with Crippen LogP contribution in [0.25, 0.3) is 11.4 Å². The highest BCUT2D eigenvalue weighted by molar-refractivity contribution is 6.29. The minimum Gasteiger partial charge on any atom is -0.505 e. The number of aromatic hydroxyl groups is 1. The van der Waals surface area contributed by atoms with Crippen LogP contribution in [-0.4, -0.2) is 15.1 Å². The van der Waals surface area contributed by atoms with Crippen LogP contribution in [0.15, 0.2) is 24.3 Å². The number of hydrogen-bond acceptors (Lipinski definition) is 3. The summed E-state index contributed by atoms with van der Waals surface area (Å²) in [6.07, 6.45) is 1.73. The quantitative estimate of drug-likeness (QED) is 0.864. The summed E-state index contributed by atoms with van der Waals surface area (Å²) in [5.41, 5.74) is 1.31. The molecule has 3 nitrogen and oxygen atoms in total. The Morgan fingerprint density at radius 1 is 1.28 bits per heavy atom. The van der Waals surface area contributed by atoms with Gasteiger partial charge in [0.15, 0.2) is 17.4 Å². The third kappa shape index (κ3) is 2.76. The molecule has 94 valence electrons. The highest BCUT2D eigenvalue weighted by atomic mass is 35.5. The Morgan fingerprint density at radius 3 is 2.72 bits per heavy atom. The van der Waals surface area contributed by atoms with E-state index in [1.165, 1.54) is 12.1 Å². The smallest absolute Gasteiger partial charge is 0.165 e. The van der Waals surface area contributed by atoms with E-state index in [-0.39, 0.29) is 0 Å². The van der Waals surface area contributed by atoms with E-state index in [0.717, 1.165) is 18.5 Å². The van der Waals surface area contributed by atoms with Crippen LogP contribution in [0.1, 0.15) is 19.0 Å². The molecule has 0 saturated heterocycles.